The van der Waals surface area contributed by atoms with Crippen LogP contribution >= 0.6 is 0 Å². The molecule has 24 heavy (non-hydrogen) atoms. The third kappa shape index (κ3) is 4.12. The molecular weight excluding hydrogens is 309 g/mol. The summed E-state index contributed by atoms with van der Waals surface area (Å²) in [4.78, 5) is 30.6. The Morgan fingerprint density at radius 2 is 1.67 bits per heavy atom. The summed E-state index contributed by atoms with van der Waals surface area (Å²) < 4.78 is 13.3. The first-order valence-corrected chi connectivity index (χ1v) is 8.68. The van der Waals surface area contributed by atoms with E-state index in [9.17, 15) is 14.0 Å². The van der Waals surface area contributed by atoms with Gasteiger partial charge in [-0.15, -0.1) is 0 Å². The normalized spacial score (nSPS) is 19.4. The van der Waals surface area contributed by atoms with Crippen molar-refractivity contribution < 1.29 is 14.0 Å². The Bertz CT molecular complexity index is 602. The number of hydrogen-bond donors (Lipinski definition) is 0. The second-order valence-electron chi connectivity index (χ2n) is 6.52. The maximum atomic E-state index is 13.3. The molecule has 6 heteroatoms. The zero-order valence-corrected chi connectivity index (χ0v) is 13.9. The Morgan fingerprint density at radius 1 is 0.917 bits per heavy atom. The van der Waals surface area contributed by atoms with Gasteiger partial charge in [0.05, 0.1) is 6.54 Å². The van der Waals surface area contributed by atoms with Gasteiger partial charge in [0.1, 0.15) is 5.82 Å². The number of benzene rings is 1. The average molecular weight is 333 g/mol. The maximum Gasteiger partial charge on any atom is 0.254 e. The molecule has 2 heterocycles. The lowest BCUT2D eigenvalue weighted by Crippen LogP contribution is -2.41. The molecule has 0 aliphatic carbocycles. The summed E-state index contributed by atoms with van der Waals surface area (Å²) >= 11 is 0. The van der Waals surface area contributed by atoms with Gasteiger partial charge in [0.25, 0.3) is 5.91 Å². The summed E-state index contributed by atoms with van der Waals surface area (Å²) in [5.74, 6) is -0.340. The average Bonchev–Trinajstić information content (AvgIpc) is 3.02. The zero-order valence-electron chi connectivity index (χ0n) is 13.9. The number of rotatable bonds is 3. The monoisotopic (exact) mass is 333 g/mol. The Balaban J connectivity index is 1.54. The summed E-state index contributed by atoms with van der Waals surface area (Å²) in [6, 6.07) is 5.82. The summed E-state index contributed by atoms with van der Waals surface area (Å²) in [5.41, 5.74) is 0.386. The van der Waals surface area contributed by atoms with Crippen molar-refractivity contribution in [1.82, 2.24) is 14.7 Å². The first-order valence-electron chi connectivity index (χ1n) is 8.68. The molecule has 3 rings (SSSR count). The Kier molecular flexibility index (Phi) is 5.45. The van der Waals surface area contributed by atoms with E-state index in [4.69, 9.17) is 0 Å². The molecule has 1 aromatic rings. The highest BCUT2D eigenvalue weighted by Crippen LogP contribution is 2.12. The highest BCUT2D eigenvalue weighted by atomic mass is 19.1. The summed E-state index contributed by atoms with van der Waals surface area (Å²) in [6.45, 7) is 4.88. The topological polar surface area (TPSA) is 43.9 Å². The molecule has 1 aromatic carbocycles. The van der Waals surface area contributed by atoms with Crippen LogP contribution in [0, 0.1) is 5.82 Å². The second-order valence-corrected chi connectivity index (χ2v) is 6.52. The second kappa shape index (κ2) is 7.75. The van der Waals surface area contributed by atoms with Gasteiger partial charge >= 0.3 is 0 Å². The molecule has 2 saturated heterocycles. The third-order valence-electron chi connectivity index (χ3n) is 4.76. The van der Waals surface area contributed by atoms with E-state index in [0.717, 1.165) is 38.9 Å². The van der Waals surface area contributed by atoms with Gasteiger partial charge in [-0.1, -0.05) is 6.07 Å². The molecule has 0 radical (unpaired) electrons. The fourth-order valence-electron chi connectivity index (χ4n) is 3.39. The number of amides is 2. The molecule has 0 aromatic heterocycles. The van der Waals surface area contributed by atoms with Crippen LogP contribution in [-0.4, -0.2) is 72.3 Å². The number of hydrogen-bond acceptors (Lipinski definition) is 3. The molecule has 0 atom stereocenters. The minimum atomic E-state index is -0.395. The van der Waals surface area contributed by atoms with Crippen molar-refractivity contribution in [2.45, 2.75) is 19.3 Å². The quantitative estimate of drug-likeness (QED) is 0.844. The first-order chi connectivity index (χ1) is 11.6. The van der Waals surface area contributed by atoms with Crippen LogP contribution < -0.4 is 0 Å². The van der Waals surface area contributed by atoms with Crippen LogP contribution in [0.2, 0.25) is 0 Å². The van der Waals surface area contributed by atoms with Crippen LogP contribution in [0.5, 0.6) is 0 Å². The molecule has 0 spiro atoms. The molecule has 2 amide bonds. The minimum Gasteiger partial charge on any atom is -0.342 e. The molecule has 0 N–H and O–H groups in total. The molecular formula is C18H24FN3O2. The van der Waals surface area contributed by atoms with Crippen LogP contribution in [0.15, 0.2) is 24.3 Å². The zero-order chi connectivity index (χ0) is 16.9. The first kappa shape index (κ1) is 16.9. The van der Waals surface area contributed by atoms with E-state index in [1.54, 1.807) is 17.0 Å². The lowest BCUT2D eigenvalue weighted by Gasteiger charge is -2.24. The fourth-order valence-corrected chi connectivity index (χ4v) is 3.39. The van der Waals surface area contributed by atoms with Crippen LogP contribution in [-0.2, 0) is 4.79 Å². The van der Waals surface area contributed by atoms with E-state index in [-0.39, 0.29) is 11.8 Å². The van der Waals surface area contributed by atoms with Crippen molar-refractivity contribution >= 4 is 11.8 Å². The Morgan fingerprint density at radius 3 is 2.42 bits per heavy atom. The van der Waals surface area contributed by atoms with Gasteiger partial charge < -0.3 is 9.80 Å². The molecule has 5 nitrogen and oxygen atoms in total. The lowest BCUT2D eigenvalue weighted by atomic mass is 10.2. The number of nitrogens with zero attached hydrogens (tertiary/aromatic N) is 3. The van der Waals surface area contributed by atoms with Crippen LogP contribution in [0.1, 0.15) is 29.6 Å². The molecule has 0 bridgehead atoms. The van der Waals surface area contributed by atoms with E-state index in [2.05, 4.69) is 4.90 Å². The molecule has 130 valence electrons. The summed E-state index contributed by atoms with van der Waals surface area (Å²) in [7, 11) is 0. The number of likely N-dealkylation sites (tertiary alicyclic amines) is 1. The van der Waals surface area contributed by atoms with Gasteiger partial charge in [-0.25, -0.2) is 4.39 Å². The van der Waals surface area contributed by atoms with Crippen molar-refractivity contribution in [3.63, 3.8) is 0 Å². The molecule has 2 fully saturated rings. The van der Waals surface area contributed by atoms with Crippen molar-refractivity contribution in [2.24, 2.45) is 0 Å². The maximum absolute atomic E-state index is 13.3. The van der Waals surface area contributed by atoms with Gasteiger partial charge in [0, 0.05) is 44.8 Å². The van der Waals surface area contributed by atoms with E-state index >= 15 is 0 Å². The van der Waals surface area contributed by atoms with E-state index in [0.29, 0.717) is 31.7 Å². The van der Waals surface area contributed by atoms with Gasteiger partial charge in [0.2, 0.25) is 5.91 Å². The number of carbonyl (C=O) groups is 2. The molecule has 2 aliphatic rings. The highest BCUT2D eigenvalue weighted by Gasteiger charge is 2.24. The molecule has 2 aliphatic heterocycles. The van der Waals surface area contributed by atoms with Gasteiger partial charge in [-0.05, 0) is 37.5 Å². The summed E-state index contributed by atoms with van der Waals surface area (Å²) in [6.07, 6.45) is 3.03. The highest BCUT2D eigenvalue weighted by molar-refractivity contribution is 5.94. The van der Waals surface area contributed by atoms with Gasteiger partial charge in [0.15, 0.2) is 0 Å². The third-order valence-corrected chi connectivity index (χ3v) is 4.76. The SMILES string of the molecule is O=C(CN1CCCN(C(=O)c2cccc(F)c2)CC1)N1CCCC1. The van der Waals surface area contributed by atoms with Crippen molar-refractivity contribution in [1.29, 1.82) is 0 Å². The lowest BCUT2D eigenvalue weighted by molar-refractivity contribution is -0.131. The van der Waals surface area contributed by atoms with Crippen molar-refractivity contribution in [3.05, 3.63) is 35.6 Å². The van der Waals surface area contributed by atoms with Crippen LogP contribution in [0.3, 0.4) is 0 Å². The molecule has 0 saturated carbocycles. The Labute approximate surface area is 142 Å². The van der Waals surface area contributed by atoms with Crippen LogP contribution in [0.25, 0.3) is 0 Å². The van der Waals surface area contributed by atoms with E-state index < -0.39 is 5.82 Å². The standard InChI is InChI=1S/C18H24FN3O2/c19-16-6-3-5-15(13-16)18(24)22-10-4-7-20(11-12-22)14-17(23)21-8-1-2-9-21/h3,5-6,13H,1-2,4,7-12,14H2. The van der Waals surface area contributed by atoms with Gasteiger partial charge in [-0.2, -0.15) is 0 Å². The van der Waals surface area contributed by atoms with Crippen molar-refractivity contribution in [2.75, 3.05) is 45.8 Å². The van der Waals surface area contributed by atoms with Gasteiger partial charge in [-0.3, -0.25) is 14.5 Å². The van der Waals surface area contributed by atoms with Crippen LogP contribution in [0.4, 0.5) is 4.39 Å². The Hall–Kier alpha value is -1.95. The predicted octanol–water partition coefficient (Wildman–Crippen LogP) is 1.60. The molecule has 0 unspecified atom stereocenters. The van der Waals surface area contributed by atoms with E-state index in [1.807, 2.05) is 4.90 Å². The smallest absolute Gasteiger partial charge is 0.254 e. The van der Waals surface area contributed by atoms with Crippen molar-refractivity contribution in [3.8, 4) is 0 Å². The summed E-state index contributed by atoms with van der Waals surface area (Å²) in [5, 5.41) is 0. The van der Waals surface area contributed by atoms with E-state index in [1.165, 1.54) is 12.1 Å². The predicted molar refractivity (Wildman–Crippen MR) is 89.2 cm³/mol. The fraction of sp³-hybridized carbons (Fsp3) is 0.556. The largest absolute Gasteiger partial charge is 0.342 e. The number of carbonyl (C=O) groups excluding carboxylic acids is 2. The minimum absolute atomic E-state index is 0.137. The number of halogens is 1.